The van der Waals surface area contributed by atoms with E-state index in [9.17, 15) is 9.59 Å². The summed E-state index contributed by atoms with van der Waals surface area (Å²) in [5, 5.41) is 0.541. The van der Waals surface area contributed by atoms with E-state index < -0.39 is 5.92 Å². The van der Waals surface area contributed by atoms with Crippen LogP contribution in [0.2, 0.25) is 5.02 Å². The van der Waals surface area contributed by atoms with Gasteiger partial charge in [0.05, 0.1) is 5.92 Å². The fraction of sp³-hybridized carbons (Fsp3) is 0.273. The predicted molar refractivity (Wildman–Crippen MR) is 56.6 cm³/mol. The molecular weight excluding hydrogens is 214 g/mol. The van der Waals surface area contributed by atoms with Crippen LogP contribution in [-0.2, 0) is 9.59 Å². The van der Waals surface area contributed by atoms with Gasteiger partial charge in [-0.25, -0.2) is 0 Å². The second-order valence-corrected chi connectivity index (χ2v) is 3.98. The highest BCUT2D eigenvalue weighted by molar-refractivity contribution is 6.31. The third-order valence-electron chi connectivity index (χ3n) is 2.66. The van der Waals surface area contributed by atoms with E-state index in [2.05, 4.69) is 0 Å². The molecule has 1 aliphatic rings. The maximum absolute atomic E-state index is 11.7. The number of rotatable bonds is 1. The number of amides is 2. The molecule has 1 unspecified atom stereocenters. The molecule has 1 saturated heterocycles. The molecule has 1 aliphatic heterocycles. The van der Waals surface area contributed by atoms with Gasteiger partial charge in [0.25, 0.3) is 0 Å². The lowest BCUT2D eigenvalue weighted by Gasteiger charge is -2.10. The number of carbonyl (C=O) groups excluding carboxylic acids is 2. The van der Waals surface area contributed by atoms with Gasteiger partial charge in [0.2, 0.25) is 11.8 Å². The SMILES string of the molecule is CN1C(=O)CC(c2ccccc2Cl)C1=O. The van der Waals surface area contributed by atoms with E-state index in [0.717, 1.165) is 10.5 Å². The van der Waals surface area contributed by atoms with Gasteiger partial charge in [0.15, 0.2) is 0 Å². The summed E-state index contributed by atoms with van der Waals surface area (Å²) in [4.78, 5) is 24.2. The van der Waals surface area contributed by atoms with Gasteiger partial charge in [-0.2, -0.15) is 0 Å². The lowest BCUT2D eigenvalue weighted by molar-refractivity contribution is -0.137. The number of likely N-dealkylation sites (N-methyl/N-ethyl adjacent to an activating group) is 1. The standard InChI is InChI=1S/C11H10ClNO2/c1-13-10(14)6-8(11(13)15)7-4-2-3-5-9(7)12/h2-5,8H,6H2,1H3. The van der Waals surface area contributed by atoms with E-state index in [1.807, 2.05) is 6.07 Å². The monoisotopic (exact) mass is 223 g/mol. The van der Waals surface area contributed by atoms with Gasteiger partial charge >= 0.3 is 0 Å². The summed E-state index contributed by atoms with van der Waals surface area (Å²) in [7, 11) is 1.50. The molecule has 78 valence electrons. The summed E-state index contributed by atoms with van der Waals surface area (Å²) in [6.07, 6.45) is 0.221. The highest BCUT2D eigenvalue weighted by atomic mass is 35.5. The zero-order valence-corrected chi connectivity index (χ0v) is 8.99. The first-order valence-corrected chi connectivity index (χ1v) is 5.04. The Bertz CT molecular complexity index is 430. The molecule has 3 nitrogen and oxygen atoms in total. The minimum absolute atomic E-state index is 0.148. The molecule has 0 radical (unpaired) electrons. The van der Waals surface area contributed by atoms with Crippen LogP contribution in [0.25, 0.3) is 0 Å². The summed E-state index contributed by atoms with van der Waals surface area (Å²) in [6.45, 7) is 0. The molecule has 1 fully saturated rings. The molecule has 1 aromatic carbocycles. The molecule has 0 bridgehead atoms. The smallest absolute Gasteiger partial charge is 0.237 e. The number of likely N-dealkylation sites (tertiary alicyclic amines) is 1. The van der Waals surface area contributed by atoms with Crippen molar-refractivity contribution in [1.29, 1.82) is 0 Å². The Morgan fingerprint density at radius 1 is 1.33 bits per heavy atom. The van der Waals surface area contributed by atoms with Gasteiger partial charge in [-0.3, -0.25) is 14.5 Å². The maximum atomic E-state index is 11.7. The Kier molecular flexibility index (Phi) is 2.49. The quantitative estimate of drug-likeness (QED) is 0.681. The van der Waals surface area contributed by atoms with Crippen molar-refractivity contribution >= 4 is 23.4 Å². The average molecular weight is 224 g/mol. The van der Waals surface area contributed by atoms with Crippen LogP contribution in [0.5, 0.6) is 0 Å². The first kappa shape index (κ1) is 10.2. The minimum Gasteiger partial charge on any atom is -0.285 e. The number of halogens is 1. The highest BCUT2D eigenvalue weighted by Gasteiger charge is 2.37. The number of benzene rings is 1. The third-order valence-corrected chi connectivity index (χ3v) is 3.01. The molecule has 2 rings (SSSR count). The summed E-state index contributed by atoms with van der Waals surface area (Å²) < 4.78 is 0. The lowest BCUT2D eigenvalue weighted by atomic mass is 9.98. The van der Waals surface area contributed by atoms with Crippen molar-refractivity contribution in [3.8, 4) is 0 Å². The van der Waals surface area contributed by atoms with Crippen molar-refractivity contribution in [2.45, 2.75) is 12.3 Å². The van der Waals surface area contributed by atoms with Crippen molar-refractivity contribution in [2.75, 3.05) is 7.05 Å². The van der Waals surface area contributed by atoms with Gasteiger partial charge in [-0.1, -0.05) is 29.8 Å². The Hall–Kier alpha value is -1.35. The summed E-state index contributed by atoms with van der Waals surface area (Å²) in [5.74, 6) is -0.728. The minimum atomic E-state index is -0.406. The normalized spacial score (nSPS) is 21.2. The topological polar surface area (TPSA) is 37.4 Å². The van der Waals surface area contributed by atoms with E-state index in [1.54, 1.807) is 18.2 Å². The van der Waals surface area contributed by atoms with Gasteiger partial charge in [-0.05, 0) is 11.6 Å². The zero-order valence-electron chi connectivity index (χ0n) is 8.24. The van der Waals surface area contributed by atoms with Crippen LogP contribution >= 0.6 is 11.6 Å². The number of imide groups is 1. The van der Waals surface area contributed by atoms with Crippen LogP contribution in [0.4, 0.5) is 0 Å². The van der Waals surface area contributed by atoms with Crippen LogP contribution in [0.3, 0.4) is 0 Å². The molecule has 2 amide bonds. The molecule has 1 atom stereocenters. The highest BCUT2D eigenvalue weighted by Crippen LogP contribution is 2.32. The Morgan fingerprint density at radius 3 is 2.53 bits per heavy atom. The summed E-state index contributed by atoms with van der Waals surface area (Å²) in [6, 6.07) is 7.14. The van der Waals surface area contributed by atoms with E-state index in [1.165, 1.54) is 7.05 Å². The van der Waals surface area contributed by atoms with Gasteiger partial charge in [0, 0.05) is 18.5 Å². The van der Waals surface area contributed by atoms with E-state index in [4.69, 9.17) is 11.6 Å². The first-order valence-electron chi connectivity index (χ1n) is 4.66. The second kappa shape index (κ2) is 3.66. The van der Waals surface area contributed by atoms with Gasteiger partial charge in [0.1, 0.15) is 0 Å². The number of carbonyl (C=O) groups is 2. The largest absolute Gasteiger partial charge is 0.285 e. The second-order valence-electron chi connectivity index (χ2n) is 3.57. The van der Waals surface area contributed by atoms with E-state index >= 15 is 0 Å². The molecule has 4 heteroatoms. The summed E-state index contributed by atoms with van der Waals surface area (Å²) in [5.41, 5.74) is 0.738. The van der Waals surface area contributed by atoms with Crippen LogP contribution in [0.15, 0.2) is 24.3 Å². The molecular formula is C11H10ClNO2. The molecule has 0 aromatic heterocycles. The lowest BCUT2D eigenvalue weighted by Crippen LogP contribution is -2.25. The van der Waals surface area contributed by atoms with E-state index in [0.29, 0.717) is 5.02 Å². The Labute approximate surface area is 92.6 Å². The average Bonchev–Trinajstić information content (AvgIpc) is 2.47. The van der Waals surface area contributed by atoms with Crippen molar-refractivity contribution < 1.29 is 9.59 Å². The molecule has 0 aliphatic carbocycles. The number of hydrogen-bond donors (Lipinski definition) is 0. The van der Waals surface area contributed by atoms with Gasteiger partial charge < -0.3 is 0 Å². The molecule has 0 saturated carbocycles. The fourth-order valence-corrected chi connectivity index (χ4v) is 2.02. The van der Waals surface area contributed by atoms with Crippen LogP contribution in [-0.4, -0.2) is 23.8 Å². The Morgan fingerprint density at radius 2 is 2.00 bits per heavy atom. The Balaban J connectivity index is 2.38. The molecule has 0 spiro atoms. The maximum Gasteiger partial charge on any atom is 0.237 e. The van der Waals surface area contributed by atoms with Gasteiger partial charge in [-0.15, -0.1) is 0 Å². The van der Waals surface area contributed by atoms with Crippen LogP contribution in [0, 0.1) is 0 Å². The molecule has 1 heterocycles. The molecule has 0 N–H and O–H groups in total. The van der Waals surface area contributed by atoms with Crippen molar-refractivity contribution in [1.82, 2.24) is 4.90 Å². The van der Waals surface area contributed by atoms with E-state index in [-0.39, 0.29) is 18.2 Å². The predicted octanol–water partition coefficient (Wildman–Crippen LogP) is 1.81. The number of hydrogen-bond acceptors (Lipinski definition) is 2. The molecule has 15 heavy (non-hydrogen) atoms. The number of nitrogens with zero attached hydrogens (tertiary/aromatic N) is 1. The van der Waals surface area contributed by atoms with Crippen LogP contribution < -0.4 is 0 Å². The molecule has 1 aromatic rings. The zero-order chi connectivity index (χ0) is 11.0. The first-order chi connectivity index (χ1) is 7.11. The van der Waals surface area contributed by atoms with Crippen molar-refractivity contribution in [3.63, 3.8) is 0 Å². The van der Waals surface area contributed by atoms with Crippen molar-refractivity contribution in [3.05, 3.63) is 34.9 Å². The third kappa shape index (κ3) is 1.63. The van der Waals surface area contributed by atoms with Crippen LogP contribution in [0.1, 0.15) is 17.9 Å². The van der Waals surface area contributed by atoms with Crippen molar-refractivity contribution in [2.24, 2.45) is 0 Å². The summed E-state index contributed by atoms with van der Waals surface area (Å²) >= 11 is 5.98. The fourth-order valence-electron chi connectivity index (χ4n) is 1.76.